The SMILES string of the molecule is CCCC(N)C(=O)NCC1(CC)CC1. The third-order valence-corrected chi connectivity index (χ3v) is 3.28. The molecular weight excluding hydrogens is 176 g/mol. The van der Waals surface area contributed by atoms with Crippen LogP contribution < -0.4 is 11.1 Å². The molecule has 0 radical (unpaired) electrons. The molecule has 1 aliphatic carbocycles. The van der Waals surface area contributed by atoms with E-state index in [1.165, 1.54) is 12.8 Å². The molecule has 0 spiro atoms. The lowest BCUT2D eigenvalue weighted by atomic mass is 10.0. The minimum atomic E-state index is -0.312. The smallest absolute Gasteiger partial charge is 0.236 e. The van der Waals surface area contributed by atoms with Crippen LogP contribution in [-0.4, -0.2) is 18.5 Å². The highest BCUT2D eigenvalue weighted by atomic mass is 16.2. The molecule has 1 amide bonds. The van der Waals surface area contributed by atoms with Crippen LogP contribution in [0.4, 0.5) is 0 Å². The van der Waals surface area contributed by atoms with E-state index in [0.717, 1.165) is 25.8 Å². The molecule has 0 aliphatic heterocycles. The lowest BCUT2D eigenvalue weighted by Gasteiger charge is -2.16. The normalized spacial score (nSPS) is 20.2. The molecule has 0 aromatic heterocycles. The number of amides is 1. The Morgan fingerprint density at radius 2 is 2.14 bits per heavy atom. The molecule has 82 valence electrons. The van der Waals surface area contributed by atoms with Crippen molar-refractivity contribution >= 4 is 5.91 Å². The maximum atomic E-state index is 11.5. The van der Waals surface area contributed by atoms with E-state index in [-0.39, 0.29) is 11.9 Å². The van der Waals surface area contributed by atoms with Gasteiger partial charge in [-0.25, -0.2) is 0 Å². The van der Waals surface area contributed by atoms with Crippen molar-refractivity contribution in [3.8, 4) is 0 Å². The zero-order chi connectivity index (χ0) is 10.6. The Bertz CT molecular complexity index is 199. The summed E-state index contributed by atoms with van der Waals surface area (Å²) in [7, 11) is 0. The Morgan fingerprint density at radius 1 is 1.50 bits per heavy atom. The highest BCUT2D eigenvalue weighted by Gasteiger charge is 2.40. The van der Waals surface area contributed by atoms with Crippen molar-refractivity contribution in [3.05, 3.63) is 0 Å². The fourth-order valence-corrected chi connectivity index (χ4v) is 1.68. The number of hydrogen-bond donors (Lipinski definition) is 2. The van der Waals surface area contributed by atoms with E-state index in [9.17, 15) is 4.79 Å². The van der Waals surface area contributed by atoms with E-state index in [1.54, 1.807) is 0 Å². The van der Waals surface area contributed by atoms with E-state index < -0.39 is 0 Å². The quantitative estimate of drug-likeness (QED) is 0.678. The van der Waals surface area contributed by atoms with Crippen LogP contribution in [0, 0.1) is 5.41 Å². The molecule has 0 aromatic rings. The molecule has 1 aliphatic rings. The van der Waals surface area contributed by atoms with Gasteiger partial charge in [0, 0.05) is 6.54 Å². The molecule has 3 nitrogen and oxygen atoms in total. The van der Waals surface area contributed by atoms with Crippen molar-refractivity contribution in [1.82, 2.24) is 5.32 Å². The second-order valence-corrected chi connectivity index (χ2v) is 4.47. The lowest BCUT2D eigenvalue weighted by molar-refractivity contribution is -0.122. The van der Waals surface area contributed by atoms with Gasteiger partial charge >= 0.3 is 0 Å². The van der Waals surface area contributed by atoms with Gasteiger partial charge in [0.25, 0.3) is 0 Å². The van der Waals surface area contributed by atoms with Crippen LogP contribution in [0.5, 0.6) is 0 Å². The van der Waals surface area contributed by atoms with E-state index in [1.807, 2.05) is 6.92 Å². The summed E-state index contributed by atoms with van der Waals surface area (Å²) < 4.78 is 0. The number of hydrogen-bond acceptors (Lipinski definition) is 2. The van der Waals surface area contributed by atoms with Crippen LogP contribution in [0.15, 0.2) is 0 Å². The fraction of sp³-hybridized carbons (Fsp3) is 0.909. The van der Waals surface area contributed by atoms with Crippen LogP contribution in [0.2, 0.25) is 0 Å². The van der Waals surface area contributed by atoms with Gasteiger partial charge in [0.15, 0.2) is 0 Å². The lowest BCUT2D eigenvalue weighted by Crippen LogP contribution is -2.42. The summed E-state index contributed by atoms with van der Waals surface area (Å²) in [6, 6.07) is -0.312. The van der Waals surface area contributed by atoms with E-state index in [0.29, 0.717) is 5.41 Å². The third-order valence-electron chi connectivity index (χ3n) is 3.28. The molecule has 1 rings (SSSR count). The van der Waals surface area contributed by atoms with Gasteiger partial charge in [0.1, 0.15) is 0 Å². The van der Waals surface area contributed by atoms with Gasteiger partial charge in [-0.2, -0.15) is 0 Å². The number of nitrogens with one attached hydrogen (secondary N) is 1. The Hall–Kier alpha value is -0.570. The van der Waals surface area contributed by atoms with Gasteiger partial charge in [-0.05, 0) is 31.1 Å². The van der Waals surface area contributed by atoms with Crippen LogP contribution >= 0.6 is 0 Å². The zero-order valence-electron chi connectivity index (χ0n) is 9.31. The molecule has 0 bridgehead atoms. The maximum absolute atomic E-state index is 11.5. The van der Waals surface area contributed by atoms with Crippen molar-refractivity contribution in [3.63, 3.8) is 0 Å². The molecular formula is C11H22N2O. The summed E-state index contributed by atoms with van der Waals surface area (Å²) >= 11 is 0. The molecule has 1 fully saturated rings. The summed E-state index contributed by atoms with van der Waals surface area (Å²) in [5.74, 6) is 0.0200. The summed E-state index contributed by atoms with van der Waals surface area (Å²) in [6.07, 6.45) is 5.42. The number of carbonyl (C=O) groups excluding carboxylic acids is 1. The first-order chi connectivity index (χ1) is 6.63. The van der Waals surface area contributed by atoms with Crippen LogP contribution in [0.3, 0.4) is 0 Å². The van der Waals surface area contributed by atoms with Crippen LogP contribution in [-0.2, 0) is 4.79 Å². The highest BCUT2D eigenvalue weighted by Crippen LogP contribution is 2.47. The minimum absolute atomic E-state index is 0.0200. The molecule has 1 unspecified atom stereocenters. The van der Waals surface area contributed by atoms with Crippen molar-refractivity contribution in [2.75, 3.05) is 6.54 Å². The number of nitrogens with two attached hydrogens (primary N) is 1. The van der Waals surface area contributed by atoms with Crippen LogP contribution in [0.25, 0.3) is 0 Å². The first-order valence-electron chi connectivity index (χ1n) is 5.67. The predicted octanol–water partition coefficient (Wildman–Crippen LogP) is 1.42. The monoisotopic (exact) mass is 198 g/mol. The second kappa shape index (κ2) is 4.78. The Labute approximate surface area is 86.4 Å². The molecule has 1 saturated carbocycles. The average molecular weight is 198 g/mol. The molecule has 14 heavy (non-hydrogen) atoms. The first kappa shape index (κ1) is 11.5. The van der Waals surface area contributed by atoms with Crippen molar-refractivity contribution in [2.24, 2.45) is 11.1 Å². The van der Waals surface area contributed by atoms with Crippen LogP contribution in [0.1, 0.15) is 46.0 Å². The van der Waals surface area contributed by atoms with Gasteiger partial charge in [0.05, 0.1) is 6.04 Å². The third kappa shape index (κ3) is 2.98. The maximum Gasteiger partial charge on any atom is 0.236 e. The zero-order valence-corrected chi connectivity index (χ0v) is 9.31. The molecule has 0 heterocycles. The summed E-state index contributed by atoms with van der Waals surface area (Å²) in [6.45, 7) is 5.05. The standard InChI is InChI=1S/C11H22N2O/c1-3-5-9(12)10(14)13-8-11(4-2)6-7-11/h9H,3-8,12H2,1-2H3,(H,13,14). The molecule has 3 heteroatoms. The van der Waals surface area contributed by atoms with Gasteiger partial charge in [0.2, 0.25) is 5.91 Å². The molecule has 1 atom stereocenters. The summed E-state index contributed by atoms with van der Waals surface area (Å²) in [5, 5.41) is 2.96. The Morgan fingerprint density at radius 3 is 2.57 bits per heavy atom. The van der Waals surface area contributed by atoms with Crippen molar-refractivity contribution < 1.29 is 4.79 Å². The Balaban J connectivity index is 2.20. The van der Waals surface area contributed by atoms with E-state index >= 15 is 0 Å². The second-order valence-electron chi connectivity index (χ2n) is 4.47. The van der Waals surface area contributed by atoms with Gasteiger partial charge < -0.3 is 11.1 Å². The molecule has 0 aromatic carbocycles. The van der Waals surface area contributed by atoms with Gasteiger partial charge in [-0.1, -0.05) is 20.3 Å². The molecule has 3 N–H and O–H groups in total. The molecule has 0 saturated heterocycles. The summed E-state index contributed by atoms with van der Waals surface area (Å²) in [4.78, 5) is 11.5. The topological polar surface area (TPSA) is 55.1 Å². The van der Waals surface area contributed by atoms with Crippen molar-refractivity contribution in [2.45, 2.75) is 52.0 Å². The predicted molar refractivity (Wildman–Crippen MR) is 57.9 cm³/mol. The fourth-order valence-electron chi connectivity index (χ4n) is 1.68. The van der Waals surface area contributed by atoms with E-state index in [4.69, 9.17) is 5.73 Å². The van der Waals surface area contributed by atoms with E-state index in [2.05, 4.69) is 12.2 Å². The largest absolute Gasteiger partial charge is 0.354 e. The van der Waals surface area contributed by atoms with Gasteiger partial charge in [-0.3, -0.25) is 4.79 Å². The first-order valence-corrected chi connectivity index (χ1v) is 5.67. The summed E-state index contributed by atoms with van der Waals surface area (Å²) in [5.41, 5.74) is 6.13. The highest BCUT2D eigenvalue weighted by molar-refractivity contribution is 5.81. The number of rotatable bonds is 6. The minimum Gasteiger partial charge on any atom is -0.354 e. The van der Waals surface area contributed by atoms with Gasteiger partial charge in [-0.15, -0.1) is 0 Å². The number of carbonyl (C=O) groups is 1. The average Bonchev–Trinajstić information content (AvgIpc) is 2.95. The van der Waals surface area contributed by atoms with Crippen molar-refractivity contribution in [1.29, 1.82) is 0 Å². The Kier molecular flexibility index (Phi) is 3.93.